The first-order valence-electron chi connectivity index (χ1n) is 9.29. The Morgan fingerprint density at radius 2 is 1.89 bits per heavy atom. The topological polar surface area (TPSA) is 77.1 Å². The van der Waals surface area contributed by atoms with Crippen LogP contribution in [0.4, 0.5) is 0 Å². The summed E-state index contributed by atoms with van der Waals surface area (Å²) in [5, 5.41) is 14.0. The van der Waals surface area contributed by atoms with Crippen LogP contribution in [0.25, 0.3) is 22.5 Å². The third-order valence-electron chi connectivity index (χ3n) is 5.44. The molecule has 0 amide bonds. The van der Waals surface area contributed by atoms with Gasteiger partial charge >= 0.3 is 5.97 Å². The lowest BCUT2D eigenvalue weighted by molar-refractivity contribution is 0.0693. The molecule has 0 unspecified atom stereocenters. The van der Waals surface area contributed by atoms with Gasteiger partial charge in [-0.05, 0) is 17.9 Å². The van der Waals surface area contributed by atoms with Crippen LogP contribution < -0.4 is 5.43 Å². The van der Waals surface area contributed by atoms with Crippen LogP contribution in [0.5, 0.6) is 0 Å². The van der Waals surface area contributed by atoms with Crippen molar-refractivity contribution in [3.63, 3.8) is 0 Å². The van der Waals surface area contributed by atoms with E-state index < -0.39 is 11.4 Å². The number of aromatic nitrogens is 3. The zero-order chi connectivity index (χ0) is 20.2. The molecule has 28 heavy (non-hydrogen) atoms. The molecule has 0 bridgehead atoms. The van der Waals surface area contributed by atoms with E-state index in [1.807, 2.05) is 46.6 Å². The Morgan fingerprint density at radius 3 is 2.50 bits per heavy atom. The molecule has 4 rings (SSSR count). The SMILES string of the molecule is Cc1ccc(-c2cnn3c2-c2cc(=O)c(C(=O)O)cn2[C@H](C(C)(C)C)C3)cc1. The number of carbonyl (C=O) groups is 1. The number of hydrogen-bond acceptors (Lipinski definition) is 3. The fourth-order valence-electron chi connectivity index (χ4n) is 3.84. The van der Waals surface area contributed by atoms with Gasteiger partial charge in [0.1, 0.15) is 5.56 Å². The molecule has 1 aliphatic rings. The Labute approximate surface area is 163 Å². The quantitative estimate of drug-likeness (QED) is 0.733. The Kier molecular flexibility index (Phi) is 4.03. The average Bonchev–Trinajstić information content (AvgIpc) is 3.04. The third kappa shape index (κ3) is 2.85. The van der Waals surface area contributed by atoms with Gasteiger partial charge in [-0.15, -0.1) is 0 Å². The number of nitrogens with zero attached hydrogens (tertiary/aromatic N) is 3. The average molecular weight is 377 g/mol. The lowest BCUT2D eigenvalue weighted by atomic mass is 9.84. The normalized spacial score (nSPS) is 15.8. The molecule has 1 N–H and O–H groups in total. The van der Waals surface area contributed by atoms with Crippen LogP contribution in [0.2, 0.25) is 0 Å². The molecule has 0 radical (unpaired) electrons. The minimum absolute atomic E-state index is 0.0283. The largest absolute Gasteiger partial charge is 0.477 e. The monoisotopic (exact) mass is 377 g/mol. The number of hydrogen-bond donors (Lipinski definition) is 1. The van der Waals surface area contributed by atoms with Gasteiger partial charge < -0.3 is 9.67 Å². The first-order valence-corrected chi connectivity index (χ1v) is 9.29. The Bertz CT molecular complexity index is 1130. The standard InChI is InChI=1S/C22H23N3O3/c1-13-5-7-14(8-6-13)15-10-23-25-12-19(22(2,3)4)24-11-16(21(27)28)18(26)9-17(24)20(15)25/h5-11,19H,12H2,1-4H3,(H,27,28)/t19-/m0/s1. The second kappa shape index (κ2) is 6.19. The van der Waals surface area contributed by atoms with Crippen molar-refractivity contribution >= 4 is 5.97 Å². The maximum atomic E-state index is 12.5. The molecular weight excluding hydrogens is 354 g/mol. The number of pyridine rings is 1. The molecule has 3 heterocycles. The van der Waals surface area contributed by atoms with Gasteiger partial charge in [-0.3, -0.25) is 9.48 Å². The van der Waals surface area contributed by atoms with Crippen molar-refractivity contribution < 1.29 is 9.90 Å². The maximum Gasteiger partial charge on any atom is 0.341 e. The number of benzene rings is 1. The van der Waals surface area contributed by atoms with Crippen LogP contribution in [0.3, 0.4) is 0 Å². The second-order valence-corrected chi connectivity index (χ2v) is 8.49. The van der Waals surface area contributed by atoms with Gasteiger partial charge in [0.15, 0.2) is 5.43 Å². The van der Waals surface area contributed by atoms with Gasteiger partial charge in [0.05, 0.1) is 30.2 Å². The summed E-state index contributed by atoms with van der Waals surface area (Å²) in [6.45, 7) is 8.97. The highest BCUT2D eigenvalue weighted by Crippen LogP contribution is 2.42. The highest BCUT2D eigenvalue weighted by atomic mass is 16.4. The molecule has 0 fully saturated rings. The maximum absolute atomic E-state index is 12.5. The predicted octanol–water partition coefficient (Wildman–Crippen LogP) is 3.99. The molecule has 3 aromatic rings. The summed E-state index contributed by atoms with van der Waals surface area (Å²) in [6, 6.07) is 9.57. The zero-order valence-corrected chi connectivity index (χ0v) is 16.4. The van der Waals surface area contributed by atoms with E-state index in [0.29, 0.717) is 12.2 Å². The molecule has 6 nitrogen and oxygen atoms in total. The van der Waals surface area contributed by atoms with Crippen LogP contribution in [0.15, 0.2) is 47.5 Å². The van der Waals surface area contributed by atoms with Crippen molar-refractivity contribution in [1.82, 2.24) is 14.3 Å². The minimum Gasteiger partial charge on any atom is -0.477 e. The van der Waals surface area contributed by atoms with Crippen LogP contribution in [0.1, 0.15) is 42.7 Å². The first kappa shape index (κ1) is 18.2. The van der Waals surface area contributed by atoms with Crippen molar-refractivity contribution in [2.45, 2.75) is 40.3 Å². The van der Waals surface area contributed by atoms with E-state index in [1.54, 1.807) is 0 Å². The molecule has 2 aromatic heterocycles. The Hall–Kier alpha value is -3.15. The molecule has 144 valence electrons. The van der Waals surface area contributed by atoms with Crippen LogP contribution in [-0.4, -0.2) is 25.4 Å². The van der Waals surface area contributed by atoms with Gasteiger partial charge in [-0.1, -0.05) is 50.6 Å². The van der Waals surface area contributed by atoms with E-state index in [1.165, 1.54) is 17.8 Å². The first-order chi connectivity index (χ1) is 13.2. The van der Waals surface area contributed by atoms with Crippen molar-refractivity contribution in [2.24, 2.45) is 5.41 Å². The summed E-state index contributed by atoms with van der Waals surface area (Å²) in [7, 11) is 0. The van der Waals surface area contributed by atoms with E-state index in [-0.39, 0.29) is 17.0 Å². The summed E-state index contributed by atoms with van der Waals surface area (Å²) in [5.41, 5.74) is 3.82. The van der Waals surface area contributed by atoms with E-state index in [0.717, 1.165) is 16.8 Å². The zero-order valence-electron chi connectivity index (χ0n) is 16.4. The van der Waals surface area contributed by atoms with Gasteiger partial charge in [0, 0.05) is 17.8 Å². The van der Waals surface area contributed by atoms with Crippen LogP contribution >= 0.6 is 0 Å². The van der Waals surface area contributed by atoms with Gasteiger partial charge in [-0.25, -0.2) is 4.79 Å². The second-order valence-electron chi connectivity index (χ2n) is 8.49. The molecule has 0 spiro atoms. The number of fused-ring (bicyclic) bond motifs is 3. The van der Waals surface area contributed by atoms with Gasteiger partial charge in [-0.2, -0.15) is 5.10 Å². The molecule has 1 aliphatic heterocycles. The highest BCUT2D eigenvalue weighted by Gasteiger charge is 2.35. The third-order valence-corrected chi connectivity index (χ3v) is 5.44. The Morgan fingerprint density at radius 1 is 1.21 bits per heavy atom. The summed E-state index contributed by atoms with van der Waals surface area (Å²) < 4.78 is 3.87. The summed E-state index contributed by atoms with van der Waals surface area (Å²) in [5.74, 6) is -1.20. The lowest BCUT2D eigenvalue weighted by Crippen LogP contribution is -2.35. The van der Waals surface area contributed by atoms with E-state index in [9.17, 15) is 14.7 Å². The molecule has 6 heteroatoms. The predicted molar refractivity (Wildman–Crippen MR) is 108 cm³/mol. The van der Waals surface area contributed by atoms with E-state index in [4.69, 9.17) is 0 Å². The van der Waals surface area contributed by atoms with Gasteiger partial charge in [0.2, 0.25) is 0 Å². The van der Waals surface area contributed by atoms with Crippen molar-refractivity contribution in [3.05, 3.63) is 64.1 Å². The number of carboxylic acid groups (broad SMARTS) is 1. The fraction of sp³-hybridized carbons (Fsp3) is 0.318. The highest BCUT2D eigenvalue weighted by molar-refractivity contribution is 5.88. The molecule has 0 saturated heterocycles. The number of aryl methyl sites for hydroxylation is 1. The fourth-order valence-corrected chi connectivity index (χ4v) is 3.84. The van der Waals surface area contributed by atoms with E-state index >= 15 is 0 Å². The molecule has 0 aliphatic carbocycles. The van der Waals surface area contributed by atoms with Crippen molar-refractivity contribution in [3.8, 4) is 22.5 Å². The molecular formula is C22H23N3O3. The minimum atomic E-state index is -1.20. The number of rotatable bonds is 2. The van der Waals surface area contributed by atoms with Crippen molar-refractivity contribution in [1.29, 1.82) is 0 Å². The van der Waals surface area contributed by atoms with E-state index in [2.05, 4.69) is 25.9 Å². The Balaban J connectivity index is 2.00. The smallest absolute Gasteiger partial charge is 0.341 e. The summed E-state index contributed by atoms with van der Waals surface area (Å²) in [4.78, 5) is 24.0. The van der Waals surface area contributed by atoms with Crippen LogP contribution in [0, 0.1) is 12.3 Å². The number of aromatic carboxylic acids is 1. The molecule has 1 aromatic carbocycles. The van der Waals surface area contributed by atoms with Gasteiger partial charge in [0.25, 0.3) is 0 Å². The molecule has 0 saturated carbocycles. The summed E-state index contributed by atoms with van der Waals surface area (Å²) in [6.07, 6.45) is 3.32. The van der Waals surface area contributed by atoms with Crippen LogP contribution in [-0.2, 0) is 6.54 Å². The molecule has 1 atom stereocenters. The van der Waals surface area contributed by atoms with Crippen molar-refractivity contribution in [2.75, 3.05) is 0 Å². The lowest BCUT2D eigenvalue weighted by Gasteiger charge is -2.38. The summed E-state index contributed by atoms with van der Waals surface area (Å²) >= 11 is 0. The number of carboxylic acids is 1.